The highest BCUT2D eigenvalue weighted by Crippen LogP contribution is 2.22. The Balaban J connectivity index is 1.93. The van der Waals surface area contributed by atoms with Crippen LogP contribution in [0.15, 0.2) is 24.3 Å². The summed E-state index contributed by atoms with van der Waals surface area (Å²) in [6.07, 6.45) is 2.92. The summed E-state index contributed by atoms with van der Waals surface area (Å²) in [4.78, 5) is 0. The van der Waals surface area contributed by atoms with E-state index >= 15 is 0 Å². The fourth-order valence-corrected chi connectivity index (χ4v) is 1.84. The van der Waals surface area contributed by atoms with Crippen molar-refractivity contribution < 1.29 is 4.74 Å². The molecule has 0 amide bonds. The molecule has 1 aliphatic rings. The van der Waals surface area contributed by atoms with E-state index in [9.17, 15) is 0 Å². The van der Waals surface area contributed by atoms with Crippen LogP contribution in [0.25, 0.3) is 0 Å². The number of para-hydroxylation sites is 1. The van der Waals surface area contributed by atoms with Crippen LogP contribution in [-0.2, 0) is 0 Å². The lowest BCUT2D eigenvalue weighted by Gasteiger charge is -2.24. The molecule has 2 nitrogen and oxygen atoms in total. The number of ether oxygens (including phenoxy) is 1. The summed E-state index contributed by atoms with van der Waals surface area (Å²) >= 11 is 0. The van der Waals surface area contributed by atoms with Crippen LogP contribution in [0.1, 0.15) is 32.3 Å². The summed E-state index contributed by atoms with van der Waals surface area (Å²) in [7, 11) is 0. The van der Waals surface area contributed by atoms with Crippen molar-refractivity contribution in [2.24, 2.45) is 5.92 Å². The number of benzene rings is 1. The maximum Gasteiger partial charge on any atom is 0.122 e. The Labute approximate surface area is 104 Å². The van der Waals surface area contributed by atoms with Crippen LogP contribution in [0.4, 0.5) is 0 Å². The van der Waals surface area contributed by atoms with Crippen molar-refractivity contribution in [1.29, 1.82) is 0 Å². The average molecular weight is 233 g/mol. The van der Waals surface area contributed by atoms with E-state index in [1.807, 2.05) is 6.07 Å². The van der Waals surface area contributed by atoms with Gasteiger partial charge in [-0.25, -0.2) is 0 Å². The Bertz CT molecular complexity index is 358. The minimum atomic E-state index is 0.261. The van der Waals surface area contributed by atoms with E-state index in [1.54, 1.807) is 0 Å². The molecule has 1 aliphatic carbocycles. The van der Waals surface area contributed by atoms with Gasteiger partial charge < -0.3 is 10.1 Å². The van der Waals surface area contributed by atoms with Crippen molar-refractivity contribution in [1.82, 2.24) is 5.32 Å². The van der Waals surface area contributed by atoms with E-state index in [0.717, 1.165) is 18.3 Å². The molecule has 0 aromatic heterocycles. The van der Waals surface area contributed by atoms with E-state index in [-0.39, 0.29) is 6.10 Å². The van der Waals surface area contributed by atoms with Crippen molar-refractivity contribution in [2.75, 3.05) is 6.54 Å². The fraction of sp³-hybridized carbons (Fsp3) is 0.600. The molecular formula is C15H23NO. The van der Waals surface area contributed by atoms with Gasteiger partial charge in [-0.05, 0) is 37.3 Å². The lowest BCUT2D eigenvalue weighted by atomic mass is 10.1. The zero-order chi connectivity index (χ0) is 12.3. The van der Waals surface area contributed by atoms with Crippen LogP contribution in [0, 0.1) is 12.8 Å². The number of aryl methyl sites for hydroxylation is 1. The van der Waals surface area contributed by atoms with Gasteiger partial charge in [0.1, 0.15) is 11.9 Å². The monoisotopic (exact) mass is 233 g/mol. The highest BCUT2D eigenvalue weighted by atomic mass is 16.5. The molecule has 1 N–H and O–H groups in total. The molecule has 1 aromatic carbocycles. The standard InChI is InChI=1S/C15H23NO/c1-11(2)15(10-16-13-8-9-13)17-14-7-5-4-6-12(14)3/h4-7,11,13,15-16H,8-10H2,1-3H3. The van der Waals surface area contributed by atoms with Gasteiger partial charge in [0, 0.05) is 12.6 Å². The molecule has 94 valence electrons. The number of hydrogen-bond acceptors (Lipinski definition) is 2. The number of nitrogens with one attached hydrogen (secondary N) is 1. The summed E-state index contributed by atoms with van der Waals surface area (Å²) in [5, 5.41) is 3.55. The maximum atomic E-state index is 6.12. The third-order valence-electron chi connectivity index (χ3n) is 3.30. The number of hydrogen-bond donors (Lipinski definition) is 1. The van der Waals surface area contributed by atoms with E-state index in [2.05, 4.69) is 44.3 Å². The Morgan fingerprint density at radius 2 is 2.00 bits per heavy atom. The van der Waals surface area contributed by atoms with Crippen LogP contribution in [0.3, 0.4) is 0 Å². The first-order chi connectivity index (χ1) is 8.16. The van der Waals surface area contributed by atoms with E-state index in [4.69, 9.17) is 4.74 Å². The lowest BCUT2D eigenvalue weighted by Crippen LogP contribution is -2.36. The van der Waals surface area contributed by atoms with Gasteiger partial charge in [0.15, 0.2) is 0 Å². The van der Waals surface area contributed by atoms with Crippen LogP contribution < -0.4 is 10.1 Å². The molecule has 1 atom stereocenters. The van der Waals surface area contributed by atoms with Gasteiger partial charge in [0.25, 0.3) is 0 Å². The second kappa shape index (κ2) is 5.54. The Hall–Kier alpha value is -1.02. The van der Waals surface area contributed by atoms with Crippen molar-refractivity contribution in [2.45, 2.75) is 45.8 Å². The predicted octanol–water partition coefficient (Wildman–Crippen LogP) is 3.15. The van der Waals surface area contributed by atoms with Gasteiger partial charge in [-0.1, -0.05) is 32.0 Å². The van der Waals surface area contributed by atoms with Crippen LogP contribution in [0.2, 0.25) is 0 Å². The van der Waals surface area contributed by atoms with Crippen molar-refractivity contribution in [3.63, 3.8) is 0 Å². The molecule has 2 rings (SSSR count). The second-order valence-corrected chi connectivity index (χ2v) is 5.35. The normalized spacial score (nSPS) is 17.2. The van der Waals surface area contributed by atoms with E-state index in [0.29, 0.717) is 5.92 Å². The molecule has 17 heavy (non-hydrogen) atoms. The Morgan fingerprint density at radius 1 is 1.29 bits per heavy atom. The van der Waals surface area contributed by atoms with Crippen LogP contribution in [-0.4, -0.2) is 18.7 Å². The predicted molar refractivity (Wildman–Crippen MR) is 71.5 cm³/mol. The minimum absolute atomic E-state index is 0.261. The number of rotatable bonds is 6. The molecule has 0 radical (unpaired) electrons. The van der Waals surface area contributed by atoms with Gasteiger partial charge in [-0.15, -0.1) is 0 Å². The smallest absolute Gasteiger partial charge is 0.122 e. The SMILES string of the molecule is Cc1ccccc1OC(CNC1CC1)C(C)C. The summed E-state index contributed by atoms with van der Waals surface area (Å²) < 4.78 is 6.12. The molecule has 0 saturated heterocycles. The maximum absolute atomic E-state index is 6.12. The first kappa shape index (κ1) is 12.4. The fourth-order valence-electron chi connectivity index (χ4n) is 1.84. The van der Waals surface area contributed by atoms with Gasteiger partial charge >= 0.3 is 0 Å². The molecule has 0 heterocycles. The molecule has 1 unspecified atom stereocenters. The quantitative estimate of drug-likeness (QED) is 0.815. The summed E-state index contributed by atoms with van der Waals surface area (Å²) in [5.41, 5.74) is 1.21. The van der Waals surface area contributed by atoms with Crippen molar-refractivity contribution in [3.8, 4) is 5.75 Å². The van der Waals surface area contributed by atoms with Crippen molar-refractivity contribution >= 4 is 0 Å². The van der Waals surface area contributed by atoms with Crippen LogP contribution >= 0.6 is 0 Å². The average Bonchev–Trinajstić information content (AvgIpc) is 3.10. The Morgan fingerprint density at radius 3 is 2.59 bits per heavy atom. The first-order valence-corrected chi connectivity index (χ1v) is 6.62. The first-order valence-electron chi connectivity index (χ1n) is 6.62. The zero-order valence-corrected chi connectivity index (χ0v) is 11.1. The van der Waals surface area contributed by atoms with Crippen molar-refractivity contribution in [3.05, 3.63) is 29.8 Å². The minimum Gasteiger partial charge on any atom is -0.489 e. The zero-order valence-electron chi connectivity index (χ0n) is 11.1. The van der Waals surface area contributed by atoms with Gasteiger partial charge in [-0.2, -0.15) is 0 Å². The van der Waals surface area contributed by atoms with Crippen LogP contribution in [0.5, 0.6) is 5.75 Å². The van der Waals surface area contributed by atoms with E-state index < -0.39 is 0 Å². The van der Waals surface area contributed by atoms with Gasteiger partial charge in [0.2, 0.25) is 0 Å². The highest BCUT2D eigenvalue weighted by molar-refractivity contribution is 5.32. The molecule has 0 bridgehead atoms. The third-order valence-corrected chi connectivity index (χ3v) is 3.30. The van der Waals surface area contributed by atoms with Gasteiger partial charge in [0.05, 0.1) is 0 Å². The largest absolute Gasteiger partial charge is 0.489 e. The van der Waals surface area contributed by atoms with Gasteiger partial charge in [-0.3, -0.25) is 0 Å². The highest BCUT2D eigenvalue weighted by Gasteiger charge is 2.23. The Kier molecular flexibility index (Phi) is 4.06. The third kappa shape index (κ3) is 3.74. The summed E-state index contributed by atoms with van der Waals surface area (Å²) in [6.45, 7) is 7.49. The molecule has 0 spiro atoms. The topological polar surface area (TPSA) is 21.3 Å². The molecule has 1 aromatic rings. The molecule has 0 aliphatic heterocycles. The summed E-state index contributed by atoms with van der Waals surface area (Å²) in [5.74, 6) is 1.55. The molecule has 1 fully saturated rings. The molecule has 1 saturated carbocycles. The molecular weight excluding hydrogens is 210 g/mol. The molecule has 2 heteroatoms. The lowest BCUT2D eigenvalue weighted by molar-refractivity contribution is 0.147. The second-order valence-electron chi connectivity index (χ2n) is 5.35. The summed E-state index contributed by atoms with van der Waals surface area (Å²) in [6, 6.07) is 8.99. The van der Waals surface area contributed by atoms with E-state index in [1.165, 1.54) is 18.4 Å².